The summed E-state index contributed by atoms with van der Waals surface area (Å²) in [6, 6.07) is 6.23. The number of thiophene rings is 1. The molecule has 0 aliphatic heterocycles. The number of halogens is 2. The first-order valence-corrected chi connectivity index (χ1v) is 9.06. The number of hydrogen-bond donors (Lipinski definition) is 2. The molecule has 0 fully saturated rings. The van der Waals surface area contributed by atoms with Crippen molar-refractivity contribution in [3.05, 3.63) is 49.9 Å². The second-order valence-corrected chi connectivity index (χ2v) is 8.40. The number of aliphatic hydroxyl groups is 1. The zero-order chi connectivity index (χ0) is 15.6. The van der Waals surface area contributed by atoms with Gasteiger partial charge in [-0.15, -0.1) is 11.3 Å². The minimum Gasteiger partial charge on any atom is -0.392 e. The van der Waals surface area contributed by atoms with Gasteiger partial charge in [-0.1, -0.05) is 15.9 Å². The van der Waals surface area contributed by atoms with Crippen molar-refractivity contribution in [1.82, 2.24) is 4.72 Å². The van der Waals surface area contributed by atoms with E-state index in [2.05, 4.69) is 20.7 Å². The van der Waals surface area contributed by atoms with Gasteiger partial charge in [0, 0.05) is 26.3 Å². The van der Waals surface area contributed by atoms with Crippen molar-refractivity contribution in [3.63, 3.8) is 0 Å². The van der Waals surface area contributed by atoms with E-state index in [-0.39, 0.29) is 12.1 Å². The Balaban J connectivity index is 2.29. The first-order valence-electron chi connectivity index (χ1n) is 5.97. The van der Waals surface area contributed by atoms with Gasteiger partial charge in [0.25, 0.3) is 0 Å². The lowest BCUT2D eigenvalue weighted by atomic mass is 10.2. The van der Waals surface area contributed by atoms with Gasteiger partial charge in [0.1, 0.15) is 10.7 Å². The number of aryl methyl sites for hydroxylation is 1. The lowest BCUT2D eigenvalue weighted by Gasteiger charge is -2.10. The first-order chi connectivity index (χ1) is 9.83. The van der Waals surface area contributed by atoms with E-state index in [0.29, 0.717) is 4.47 Å². The molecule has 0 amide bonds. The zero-order valence-corrected chi connectivity index (χ0v) is 14.3. The highest BCUT2D eigenvalue weighted by Gasteiger charge is 2.22. The van der Waals surface area contributed by atoms with Crippen LogP contribution in [0.2, 0.25) is 0 Å². The fourth-order valence-corrected chi connectivity index (χ4v) is 4.48. The minimum atomic E-state index is -3.99. The third-order valence-corrected chi connectivity index (χ3v) is 5.63. The standard InChI is InChI=1S/C13H13BrFNO3S2/c1-8-2-3-11(20-8)6-16-21(18,19)12-5-10(14)4-9(7-17)13(12)15/h2-5,16-17H,6-7H2,1H3. The van der Waals surface area contributed by atoms with Crippen molar-refractivity contribution in [2.45, 2.75) is 25.0 Å². The van der Waals surface area contributed by atoms with Crippen molar-refractivity contribution in [1.29, 1.82) is 0 Å². The molecular weight excluding hydrogens is 381 g/mol. The van der Waals surface area contributed by atoms with E-state index in [1.807, 2.05) is 19.1 Å². The van der Waals surface area contributed by atoms with Crippen LogP contribution in [0, 0.1) is 12.7 Å². The van der Waals surface area contributed by atoms with Crippen LogP contribution in [-0.2, 0) is 23.2 Å². The molecule has 0 radical (unpaired) electrons. The van der Waals surface area contributed by atoms with Crippen molar-refractivity contribution < 1.29 is 17.9 Å². The summed E-state index contributed by atoms with van der Waals surface area (Å²) in [6.07, 6.45) is 0. The summed E-state index contributed by atoms with van der Waals surface area (Å²) in [6.45, 7) is 1.45. The Kier molecular flexibility index (Phi) is 5.15. The Bertz CT molecular complexity index is 759. The molecule has 1 aromatic carbocycles. The average molecular weight is 394 g/mol. The van der Waals surface area contributed by atoms with Crippen LogP contribution in [0.1, 0.15) is 15.3 Å². The number of rotatable bonds is 5. The van der Waals surface area contributed by atoms with Gasteiger partial charge >= 0.3 is 0 Å². The number of benzene rings is 1. The number of nitrogens with one attached hydrogen (secondary N) is 1. The summed E-state index contributed by atoms with van der Waals surface area (Å²) in [4.78, 5) is 1.43. The largest absolute Gasteiger partial charge is 0.392 e. The van der Waals surface area contributed by atoms with Gasteiger partial charge in [0.15, 0.2) is 0 Å². The number of hydrogen-bond acceptors (Lipinski definition) is 4. The molecule has 1 aromatic heterocycles. The third-order valence-electron chi connectivity index (χ3n) is 2.77. The predicted molar refractivity (Wildman–Crippen MR) is 83.1 cm³/mol. The SMILES string of the molecule is Cc1ccc(CNS(=O)(=O)c2cc(Br)cc(CO)c2F)s1. The molecule has 0 saturated carbocycles. The molecule has 8 heteroatoms. The Hall–Kier alpha value is -0.800. The monoisotopic (exact) mass is 393 g/mol. The van der Waals surface area contributed by atoms with Gasteiger partial charge in [0.2, 0.25) is 10.0 Å². The molecule has 2 aromatic rings. The van der Waals surface area contributed by atoms with Gasteiger partial charge in [-0.2, -0.15) is 0 Å². The molecule has 0 bridgehead atoms. The van der Waals surface area contributed by atoms with E-state index in [4.69, 9.17) is 5.11 Å². The summed E-state index contributed by atoms with van der Waals surface area (Å²) in [5.74, 6) is -0.935. The van der Waals surface area contributed by atoms with Gasteiger partial charge in [-0.25, -0.2) is 17.5 Å². The Morgan fingerprint density at radius 1 is 1.38 bits per heavy atom. The van der Waals surface area contributed by atoms with E-state index in [1.165, 1.54) is 23.5 Å². The molecule has 0 aliphatic carbocycles. The molecule has 4 nitrogen and oxygen atoms in total. The highest BCUT2D eigenvalue weighted by atomic mass is 79.9. The predicted octanol–water partition coefficient (Wildman–Crippen LogP) is 2.93. The van der Waals surface area contributed by atoms with Crippen LogP contribution in [-0.4, -0.2) is 13.5 Å². The molecule has 0 saturated heterocycles. The topological polar surface area (TPSA) is 66.4 Å². The van der Waals surface area contributed by atoms with E-state index < -0.39 is 27.3 Å². The molecule has 2 N–H and O–H groups in total. The molecule has 0 spiro atoms. The zero-order valence-electron chi connectivity index (χ0n) is 11.1. The summed E-state index contributed by atoms with van der Waals surface area (Å²) < 4.78 is 41.2. The smallest absolute Gasteiger partial charge is 0.243 e. The van der Waals surface area contributed by atoms with Gasteiger partial charge < -0.3 is 5.11 Å². The first kappa shape index (κ1) is 16.6. The maximum Gasteiger partial charge on any atom is 0.243 e. The molecule has 0 atom stereocenters. The quantitative estimate of drug-likeness (QED) is 0.820. The second-order valence-electron chi connectivity index (χ2n) is 4.37. The third kappa shape index (κ3) is 3.89. The second kappa shape index (κ2) is 6.53. The fourth-order valence-electron chi connectivity index (χ4n) is 1.75. The lowest BCUT2D eigenvalue weighted by molar-refractivity contribution is 0.274. The van der Waals surface area contributed by atoms with Gasteiger partial charge in [0.05, 0.1) is 6.61 Å². The van der Waals surface area contributed by atoms with Crippen LogP contribution >= 0.6 is 27.3 Å². The van der Waals surface area contributed by atoms with E-state index in [0.717, 1.165) is 9.75 Å². The van der Waals surface area contributed by atoms with Crippen LogP contribution in [0.5, 0.6) is 0 Å². The van der Waals surface area contributed by atoms with E-state index >= 15 is 0 Å². The van der Waals surface area contributed by atoms with Gasteiger partial charge in [-0.05, 0) is 31.2 Å². The van der Waals surface area contributed by atoms with Crippen molar-refractivity contribution in [3.8, 4) is 0 Å². The molecular formula is C13H13BrFNO3S2. The molecule has 2 rings (SSSR count). The Morgan fingerprint density at radius 2 is 2.10 bits per heavy atom. The normalized spacial score (nSPS) is 11.8. The molecule has 0 unspecified atom stereocenters. The molecule has 0 aliphatic rings. The summed E-state index contributed by atoms with van der Waals surface area (Å²) in [7, 11) is -3.99. The summed E-state index contributed by atoms with van der Waals surface area (Å²) in [5, 5.41) is 9.07. The van der Waals surface area contributed by atoms with Crippen LogP contribution < -0.4 is 4.72 Å². The van der Waals surface area contributed by atoms with Crippen LogP contribution in [0.4, 0.5) is 4.39 Å². The summed E-state index contributed by atoms with van der Waals surface area (Å²) >= 11 is 4.58. The highest BCUT2D eigenvalue weighted by Crippen LogP contribution is 2.24. The lowest BCUT2D eigenvalue weighted by Crippen LogP contribution is -2.24. The van der Waals surface area contributed by atoms with Crippen molar-refractivity contribution >= 4 is 37.3 Å². The van der Waals surface area contributed by atoms with Crippen molar-refractivity contribution in [2.75, 3.05) is 0 Å². The van der Waals surface area contributed by atoms with Crippen LogP contribution in [0.25, 0.3) is 0 Å². The van der Waals surface area contributed by atoms with E-state index in [1.54, 1.807) is 0 Å². The maximum atomic E-state index is 14.1. The van der Waals surface area contributed by atoms with Crippen LogP contribution in [0.15, 0.2) is 33.6 Å². The van der Waals surface area contributed by atoms with Gasteiger partial charge in [-0.3, -0.25) is 0 Å². The highest BCUT2D eigenvalue weighted by molar-refractivity contribution is 9.10. The number of aliphatic hydroxyl groups excluding tert-OH is 1. The maximum absolute atomic E-state index is 14.1. The number of sulfonamides is 1. The Labute approximate surface area is 134 Å². The van der Waals surface area contributed by atoms with Crippen LogP contribution in [0.3, 0.4) is 0 Å². The Morgan fingerprint density at radius 3 is 2.67 bits per heavy atom. The average Bonchev–Trinajstić information content (AvgIpc) is 2.84. The van der Waals surface area contributed by atoms with E-state index in [9.17, 15) is 12.8 Å². The van der Waals surface area contributed by atoms with Crippen molar-refractivity contribution in [2.24, 2.45) is 0 Å². The molecule has 114 valence electrons. The summed E-state index contributed by atoms with van der Waals surface area (Å²) in [5.41, 5.74) is -0.0725. The molecule has 21 heavy (non-hydrogen) atoms. The fraction of sp³-hybridized carbons (Fsp3) is 0.231. The molecule has 1 heterocycles. The minimum absolute atomic E-state index is 0.0725.